The minimum absolute atomic E-state index is 0.0620. The maximum absolute atomic E-state index is 12.8. The van der Waals surface area contributed by atoms with Gasteiger partial charge in [0, 0.05) is 12.8 Å². The molecule has 0 aromatic carbocycles. The van der Waals surface area contributed by atoms with E-state index < -0.39 is 12.1 Å². The number of unbranched alkanes of at least 4 members (excludes halogenated alkanes) is 3. The van der Waals surface area contributed by atoms with E-state index in [0.717, 1.165) is 128 Å². The molecular weight excluding hydrogens is 949 g/mol. The van der Waals surface area contributed by atoms with Crippen molar-refractivity contribution in [3.05, 3.63) is 219 Å². The van der Waals surface area contributed by atoms with Gasteiger partial charge in [0.1, 0.15) is 13.2 Å². The fourth-order valence-electron chi connectivity index (χ4n) is 6.74. The first-order valence-electron chi connectivity index (χ1n) is 29.2. The van der Waals surface area contributed by atoms with Crippen LogP contribution >= 0.6 is 0 Å². The first-order valence-corrected chi connectivity index (χ1v) is 29.2. The summed E-state index contributed by atoms with van der Waals surface area (Å²) in [5, 5.41) is 0. The van der Waals surface area contributed by atoms with Crippen LogP contribution in [0, 0.1) is 0 Å². The lowest BCUT2D eigenvalue weighted by atomic mass is 10.2. The Labute approximate surface area is 470 Å². The van der Waals surface area contributed by atoms with Crippen molar-refractivity contribution in [3.63, 3.8) is 0 Å². The highest BCUT2D eigenvalue weighted by molar-refractivity contribution is 5.72. The number of rotatable bonds is 49. The van der Waals surface area contributed by atoms with E-state index in [9.17, 15) is 14.4 Å². The average Bonchev–Trinajstić information content (AvgIpc) is 3.43. The zero-order valence-electron chi connectivity index (χ0n) is 48.1. The van der Waals surface area contributed by atoms with Gasteiger partial charge in [0.05, 0.1) is 6.42 Å². The van der Waals surface area contributed by atoms with E-state index in [0.29, 0.717) is 19.3 Å². The van der Waals surface area contributed by atoms with Crippen LogP contribution in [-0.4, -0.2) is 37.2 Å². The van der Waals surface area contributed by atoms with Gasteiger partial charge in [-0.25, -0.2) is 0 Å². The van der Waals surface area contributed by atoms with Crippen LogP contribution in [0.25, 0.3) is 0 Å². The summed E-state index contributed by atoms with van der Waals surface area (Å²) >= 11 is 0. The van der Waals surface area contributed by atoms with Gasteiger partial charge in [-0.2, -0.15) is 0 Å². The smallest absolute Gasteiger partial charge is 0.310 e. The zero-order valence-corrected chi connectivity index (χ0v) is 48.1. The SMILES string of the molecule is CC/C=C\C/C=C\C/C=C\C/C=C\C/C=C\C/C=C\C/C=C\C/C=C\C/C=C\CCCC(=O)OCC(COC(=O)CCCC/C=C\C/C=C\C/C=C\C/C=C\CC)OC(=O)C/C=C\C/C=C\C/C=C\C/C=C\C/C=C\CC. The van der Waals surface area contributed by atoms with Gasteiger partial charge in [-0.05, 0) is 148 Å². The van der Waals surface area contributed by atoms with E-state index in [1.165, 1.54) is 0 Å². The zero-order chi connectivity index (χ0) is 55.7. The number of ether oxygens (including phenoxy) is 3. The molecule has 6 heteroatoms. The highest BCUT2D eigenvalue weighted by Crippen LogP contribution is 2.08. The highest BCUT2D eigenvalue weighted by atomic mass is 16.6. The van der Waals surface area contributed by atoms with Gasteiger partial charge in [-0.3, -0.25) is 14.4 Å². The van der Waals surface area contributed by atoms with Crippen molar-refractivity contribution in [2.75, 3.05) is 13.2 Å². The van der Waals surface area contributed by atoms with Crippen molar-refractivity contribution in [1.82, 2.24) is 0 Å². The second kappa shape index (κ2) is 62.3. The molecule has 0 aromatic rings. The quantitative estimate of drug-likeness (QED) is 0.0261. The van der Waals surface area contributed by atoms with Crippen molar-refractivity contribution in [2.45, 2.75) is 194 Å². The van der Waals surface area contributed by atoms with E-state index in [1.807, 2.05) is 6.08 Å². The molecule has 422 valence electrons. The molecule has 0 spiro atoms. The molecule has 0 bridgehead atoms. The molecule has 0 saturated heterocycles. The second-order valence-corrected chi connectivity index (χ2v) is 18.1. The van der Waals surface area contributed by atoms with E-state index in [4.69, 9.17) is 14.2 Å². The van der Waals surface area contributed by atoms with Gasteiger partial charge in [-0.15, -0.1) is 0 Å². The van der Waals surface area contributed by atoms with Gasteiger partial charge < -0.3 is 14.2 Å². The third kappa shape index (κ3) is 60.5. The standard InChI is InChI=1S/C71H102O6/c1-4-7-10-13-16-19-22-25-28-29-30-31-32-33-34-35-36-37-38-39-40-41-44-46-49-52-55-58-61-64-70(73)76-67-68(77-71(74)65-62-59-56-53-50-47-43-27-24-21-18-15-12-9-6-3)66-75-69(72)63-60-57-54-51-48-45-42-26-23-20-17-14-11-8-5-2/h7-12,16-21,25-28,30-31,33-34,36-37,39-40,42-44,46,48,50-53,55,59,62,68H,4-6,13-15,22-24,29,32,35,38,41,45,47,49,54,56-58,60-61,63-67H2,1-3H3/b10-7-,11-8-,12-9-,19-16-,20-17-,21-18-,28-25-,31-30-,34-33-,37-36-,40-39-,42-26-,43-27-,46-44-,51-48-,53-50-,55-52-,62-59-. The van der Waals surface area contributed by atoms with Gasteiger partial charge in [0.2, 0.25) is 0 Å². The number of hydrogen-bond donors (Lipinski definition) is 0. The van der Waals surface area contributed by atoms with Crippen LogP contribution < -0.4 is 0 Å². The van der Waals surface area contributed by atoms with Crippen LogP contribution in [0.2, 0.25) is 0 Å². The van der Waals surface area contributed by atoms with Gasteiger partial charge in [0.25, 0.3) is 0 Å². The summed E-state index contributed by atoms with van der Waals surface area (Å²) in [6, 6.07) is 0. The molecule has 1 unspecified atom stereocenters. The lowest BCUT2D eigenvalue weighted by Crippen LogP contribution is -2.30. The molecule has 77 heavy (non-hydrogen) atoms. The molecule has 0 aromatic heterocycles. The van der Waals surface area contributed by atoms with Crippen molar-refractivity contribution in [3.8, 4) is 0 Å². The predicted octanol–water partition coefficient (Wildman–Crippen LogP) is 20.2. The summed E-state index contributed by atoms with van der Waals surface area (Å²) in [5.41, 5.74) is 0. The molecular formula is C71H102O6. The predicted molar refractivity (Wildman–Crippen MR) is 333 cm³/mol. The summed E-state index contributed by atoms with van der Waals surface area (Å²) in [4.78, 5) is 38.1. The summed E-state index contributed by atoms with van der Waals surface area (Å²) in [7, 11) is 0. The molecule has 0 amide bonds. The Kier molecular flexibility index (Phi) is 57.2. The average molecular weight is 1050 g/mol. The van der Waals surface area contributed by atoms with Gasteiger partial charge in [-0.1, -0.05) is 240 Å². The Morgan fingerprint density at radius 1 is 0.273 bits per heavy atom. The Bertz CT molecular complexity index is 1980. The first kappa shape index (κ1) is 70.7. The minimum Gasteiger partial charge on any atom is -0.462 e. The topological polar surface area (TPSA) is 78.9 Å². The molecule has 0 aliphatic heterocycles. The third-order valence-electron chi connectivity index (χ3n) is 11.0. The maximum Gasteiger partial charge on any atom is 0.310 e. The normalized spacial score (nSPS) is 13.8. The monoisotopic (exact) mass is 1050 g/mol. The fraction of sp³-hybridized carbons (Fsp3) is 0.451. The summed E-state index contributed by atoms with van der Waals surface area (Å²) < 4.78 is 16.6. The number of hydrogen-bond acceptors (Lipinski definition) is 6. The molecule has 0 N–H and O–H groups in total. The number of carbonyl (C=O) groups is 3. The van der Waals surface area contributed by atoms with Crippen molar-refractivity contribution in [1.29, 1.82) is 0 Å². The molecule has 0 rings (SSSR count). The lowest BCUT2D eigenvalue weighted by molar-refractivity contribution is -0.166. The molecule has 0 aliphatic rings. The highest BCUT2D eigenvalue weighted by Gasteiger charge is 2.19. The molecule has 6 nitrogen and oxygen atoms in total. The van der Waals surface area contributed by atoms with Crippen LogP contribution in [-0.2, 0) is 28.6 Å². The maximum atomic E-state index is 12.8. The minimum atomic E-state index is -0.888. The van der Waals surface area contributed by atoms with E-state index in [1.54, 1.807) is 6.08 Å². The summed E-state index contributed by atoms with van der Waals surface area (Å²) in [5.74, 6) is -1.22. The van der Waals surface area contributed by atoms with Crippen LogP contribution in [0.5, 0.6) is 0 Å². The van der Waals surface area contributed by atoms with Crippen molar-refractivity contribution in [2.24, 2.45) is 0 Å². The van der Waals surface area contributed by atoms with Crippen LogP contribution in [0.1, 0.15) is 188 Å². The Hall–Kier alpha value is -6.27. The third-order valence-corrected chi connectivity index (χ3v) is 11.0. The summed E-state index contributed by atoms with van der Waals surface area (Å²) in [6.07, 6.45) is 98.3. The van der Waals surface area contributed by atoms with Crippen LogP contribution in [0.15, 0.2) is 219 Å². The Balaban J connectivity index is 4.61. The van der Waals surface area contributed by atoms with E-state index in [2.05, 4.69) is 227 Å². The first-order chi connectivity index (χ1) is 38.0. The largest absolute Gasteiger partial charge is 0.462 e. The van der Waals surface area contributed by atoms with Crippen molar-refractivity contribution < 1.29 is 28.6 Å². The number of carbonyl (C=O) groups excluding carboxylic acids is 3. The van der Waals surface area contributed by atoms with Crippen LogP contribution in [0.4, 0.5) is 0 Å². The van der Waals surface area contributed by atoms with E-state index in [-0.39, 0.29) is 44.4 Å². The summed E-state index contributed by atoms with van der Waals surface area (Å²) in [6.45, 7) is 6.09. The fourth-order valence-corrected chi connectivity index (χ4v) is 6.74. The van der Waals surface area contributed by atoms with E-state index >= 15 is 0 Å². The molecule has 0 heterocycles. The molecule has 0 fully saturated rings. The van der Waals surface area contributed by atoms with Crippen molar-refractivity contribution >= 4 is 17.9 Å². The lowest BCUT2D eigenvalue weighted by Gasteiger charge is -2.18. The molecule has 0 radical (unpaired) electrons. The Morgan fingerprint density at radius 2 is 0.506 bits per heavy atom. The second-order valence-electron chi connectivity index (χ2n) is 18.1. The molecule has 1 atom stereocenters. The molecule has 0 aliphatic carbocycles. The van der Waals surface area contributed by atoms with Crippen LogP contribution in [0.3, 0.4) is 0 Å². The Morgan fingerprint density at radius 3 is 0.792 bits per heavy atom. The van der Waals surface area contributed by atoms with Gasteiger partial charge in [0.15, 0.2) is 6.10 Å². The van der Waals surface area contributed by atoms with Gasteiger partial charge >= 0.3 is 17.9 Å². The number of esters is 3. The number of allylic oxidation sites excluding steroid dienone is 35. The molecule has 0 saturated carbocycles.